The van der Waals surface area contributed by atoms with Gasteiger partial charge in [-0.15, -0.1) is 0 Å². The van der Waals surface area contributed by atoms with Crippen LogP contribution in [0.3, 0.4) is 0 Å². The SMILES string of the molecule is CC(CO)C(C)NCc1c(Cl)cccc1N1CCN(C)CC1. The molecule has 2 rings (SSSR count). The van der Waals surface area contributed by atoms with Crippen molar-refractivity contribution in [3.8, 4) is 0 Å². The van der Waals surface area contributed by atoms with Gasteiger partial charge in [0.2, 0.25) is 0 Å². The number of benzene rings is 1. The zero-order valence-electron chi connectivity index (χ0n) is 13.8. The van der Waals surface area contributed by atoms with E-state index in [4.69, 9.17) is 11.6 Å². The van der Waals surface area contributed by atoms with E-state index < -0.39 is 0 Å². The van der Waals surface area contributed by atoms with Crippen molar-refractivity contribution in [2.24, 2.45) is 5.92 Å². The second-order valence-corrected chi connectivity index (χ2v) is 6.76. The second kappa shape index (κ2) is 8.16. The summed E-state index contributed by atoms with van der Waals surface area (Å²) >= 11 is 6.45. The molecule has 1 heterocycles. The summed E-state index contributed by atoms with van der Waals surface area (Å²) in [7, 11) is 2.16. The van der Waals surface area contributed by atoms with Crippen molar-refractivity contribution in [2.75, 3.05) is 44.7 Å². The van der Waals surface area contributed by atoms with Gasteiger partial charge >= 0.3 is 0 Å². The number of rotatable bonds is 6. The Bertz CT molecular complexity index is 475. The normalized spacial score (nSPS) is 19.2. The fourth-order valence-corrected chi connectivity index (χ4v) is 2.92. The van der Waals surface area contributed by atoms with Crippen molar-refractivity contribution < 1.29 is 5.11 Å². The number of aliphatic hydroxyl groups is 1. The highest BCUT2D eigenvalue weighted by atomic mass is 35.5. The molecule has 0 aliphatic carbocycles. The molecular formula is C17H28ClN3O. The minimum atomic E-state index is 0.196. The van der Waals surface area contributed by atoms with Crippen LogP contribution in [0.5, 0.6) is 0 Å². The van der Waals surface area contributed by atoms with Crippen molar-refractivity contribution in [3.63, 3.8) is 0 Å². The molecule has 2 N–H and O–H groups in total. The first kappa shape index (κ1) is 17.5. The molecule has 1 aliphatic rings. The monoisotopic (exact) mass is 325 g/mol. The number of nitrogens with one attached hydrogen (secondary N) is 1. The van der Waals surface area contributed by atoms with E-state index >= 15 is 0 Å². The van der Waals surface area contributed by atoms with Gasteiger partial charge in [-0.25, -0.2) is 0 Å². The molecule has 2 unspecified atom stereocenters. The molecule has 0 saturated carbocycles. The number of hydrogen-bond donors (Lipinski definition) is 2. The molecule has 1 saturated heterocycles. The zero-order chi connectivity index (χ0) is 16.1. The van der Waals surface area contributed by atoms with Crippen LogP contribution in [0, 0.1) is 5.92 Å². The smallest absolute Gasteiger partial charge is 0.0471 e. The lowest BCUT2D eigenvalue weighted by molar-refractivity contribution is 0.207. The third-order valence-electron chi connectivity index (χ3n) is 4.68. The van der Waals surface area contributed by atoms with Crippen LogP contribution < -0.4 is 10.2 Å². The molecule has 4 nitrogen and oxygen atoms in total. The van der Waals surface area contributed by atoms with Gasteiger partial charge in [-0.1, -0.05) is 24.6 Å². The molecule has 1 aromatic carbocycles. The highest BCUT2D eigenvalue weighted by molar-refractivity contribution is 6.31. The lowest BCUT2D eigenvalue weighted by atomic mass is 10.0. The Morgan fingerprint density at radius 1 is 1.23 bits per heavy atom. The van der Waals surface area contributed by atoms with Crippen molar-refractivity contribution in [3.05, 3.63) is 28.8 Å². The fraction of sp³-hybridized carbons (Fsp3) is 0.647. The molecule has 0 bridgehead atoms. The number of nitrogens with zero attached hydrogens (tertiary/aromatic N) is 2. The lowest BCUT2D eigenvalue weighted by Crippen LogP contribution is -2.45. The average molecular weight is 326 g/mol. The van der Waals surface area contributed by atoms with Gasteiger partial charge in [-0.2, -0.15) is 0 Å². The number of anilines is 1. The molecule has 5 heteroatoms. The highest BCUT2D eigenvalue weighted by Gasteiger charge is 2.19. The number of hydrogen-bond acceptors (Lipinski definition) is 4. The first-order valence-corrected chi connectivity index (χ1v) is 8.45. The number of aliphatic hydroxyl groups excluding tert-OH is 1. The maximum atomic E-state index is 9.26. The van der Waals surface area contributed by atoms with Crippen molar-refractivity contribution in [2.45, 2.75) is 26.4 Å². The van der Waals surface area contributed by atoms with Crippen molar-refractivity contribution in [1.82, 2.24) is 10.2 Å². The van der Waals surface area contributed by atoms with Gasteiger partial charge in [0.15, 0.2) is 0 Å². The topological polar surface area (TPSA) is 38.7 Å². The third kappa shape index (κ3) is 4.35. The van der Waals surface area contributed by atoms with Gasteiger partial charge in [0.05, 0.1) is 0 Å². The van der Waals surface area contributed by atoms with Gasteiger partial charge in [-0.3, -0.25) is 0 Å². The van der Waals surface area contributed by atoms with Gasteiger partial charge in [-0.05, 0) is 32.0 Å². The first-order chi connectivity index (χ1) is 10.5. The van der Waals surface area contributed by atoms with E-state index in [0.717, 1.165) is 43.3 Å². The van der Waals surface area contributed by atoms with E-state index in [9.17, 15) is 5.11 Å². The molecule has 0 aromatic heterocycles. The molecule has 1 aromatic rings. The summed E-state index contributed by atoms with van der Waals surface area (Å²) in [4.78, 5) is 4.77. The Labute approximate surface area is 139 Å². The quantitative estimate of drug-likeness (QED) is 0.841. The van der Waals surface area contributed by atoms with Crippen LogP contribution >= 0.6 is 11.6 Å². The van der Waals surface area contributed by atoms with Crippen molar-refractivity contribution in [1.29, 1.82) is 0 Å². The lowest BCUT2D eigenvalue weighted by Gasteiger charge is -2.35. The molecular weight excluding hydrogens is 298 g/mol. The van der Waals surface area contributed by atoms with Crippen LogP contribution in [0.4, 0.5) is 5.69 Å². The summed E-state index contributed by atoms with van der Waals surface area (Å²) in [5.74, 6) is 0.231. The largest absolute Gasteiger partial charge is 0.396 e. The summed E-state index contributed by atoms with van der Waals surface area (Å²) < 4.78 is 0. The molecule has 22 heavy (non-hydrogen) atoms. The predicted molar refractivity (Wildman–Crippen MR) is 93.7 cm³/mol. The maximum absolute atomic E-state index is 9.26. The Morgan fingerprint density at radius 2 is 1.91 bits per heavy atom. The van der Waals surface area contributed by atoms with Crippen LogP contribution in [-0.2, 0) is 6.54 Å². The summed E-state index contributed by atoms with van der Waals surface area (Å²) in [5.41, 5.74) is 2.39. The Hall–Kier alpha value is -0.810. The summed E-state index contributed by atoms with van der Waals surface area (Å²) in [6.07, 6.45) is 0. The second-order valence-electron chi connectivity index (χ2n) is 6.36. The van der Waals surface area contributed by atoms with Crippen molar-refractivity contribution >= 4 is 17.3 Å². The van der Waals surface area contributed by atoms with Crippen LogP contribution in [-0.4, -0.2) is 55.9 Å². The minimum Gasteiger partial charge on any atom is -0.396 e. The summed E-state index contributed by atoms with van der Waals surface area (Å²) in [6, 6.07) is 6.40. The molecule has 0 amide bonds. The molecule has 124 valence electrons. The van der Waals surface area contributed by atoms with E-state index in [1.165, 1.54) is 5.69 Å². The van der Waals surface area contributed by atoms with E-state index in [1.807, 2.05) is 19.1 Å². The fourth-order valence-electron chi connectivity index (χ4n) is 2.69. The van der Waals surface area contributed by atoms with Crippen LogP contribution in [0.2, 0.25) is 5.02 Å². The molecule has 1 fully saturated rings. The number of halogens is 1. The summed E-state index contributed by atoms with van der Waals surface area (Å²) in [6.45, 7) is 9.31. The Kier molecular flexibility index (Phi) is 6.50. The average Bonchev–Trinajstić information content (AvgIpc) is 2.53. The molecule has 2 atom stereocenters. The molecule has 1 aliphatic heterocycles. The van der Waals surface area contributed by atoms with Crippen LogP contribution in [0.25, 0.3) is 0 Å². The number of piperazine rings is 1. The van der Waals surface area contributed by atoms with E-state index in [-0.39, 0.29) is 18.6 Å². The van der Waals surface area contributed by atoms with E-state index in [1.54, 1.807) is 0 Å². The third-order valence-corrected chi connectivity index (χ3v) is 5.03. The summed E-state index contributed by atoms with van der Waals surface area (Å²) in [5, 5.41) is 13.6. The minimum absolute atomic E-state index is 0.196. The Morgan fingerprint density at radius 3 is 2.55 bits per heavy atom. The Balaban J connectivity index is 2.09. The van der Waals surface area contributed by atoms with E-state index in [0.29, 0.717) is 0 Å². The van der Waals surface area contributed by atoms with Crippen LogP contribution in [0.15, 0.2) is 18.2 Å². The standard InChI is InChI=1S/C17H28ClN3O/c1-13(12-22)14(2)19-11-15-16(18)5-4-6-17(15)21-9-7-20(3)8-10-21/h4-6,13-14,19,22H,7-12H2,1-3H3. The van der Waals surface area contributed by atoms with E-state index in [2.05, 4.69) is 35.2 Å². The van der Waals surface area contributed by atoms with Gasteiger partial charge < -0.3 is 20.2 Å². The van der Waals surface area contributed by atoms with Gasteiger partial charge in [0.25, 0.3) is 0 Å². The predicted octanol–water partition coefficient (Wildman–Crippen LogP) is 2.20. The first-order valence-electron chi connectivity index (χ1n) is 8.08. The highest BCUT2D eigenvalue weighted by Crippen LogP contribution is 2.28. The number of likely N-dealkylation sites (N-methyl/N-ethyl adjacent to an activating group) is 1. The molecule has 0 radical (unpaired) electrons. The maximum Gasteiger partial charge on any atom is 0.0471 e. The van der Waals surface area contributed by atoms with Gasteiger partial charge in [0.1, 0.15) is 0 Å². The van der Waals surface area contributed by atoms with Crippen LogP contribution in [0.1, 0.15) is 19.4 Å². The molecule has 0 spiro atoms. The zero-order valence-corrected chi connectivity index (χ0v) is 14.6. The van der Waals surface area contributed by atoms with Gasteiger partial charge in [0, 0.05) is 61.6 Å².